The van der Waals surface area contributed by atoms with Gasteiger partial charge < -0.3 is 11.1 Å². The van der Waals surface area contributed by atoms with E-state index in [-0.39, 0.29) is 6.04 Å². The van der Waals surface area contributed by atoms with Crippen LogP contribution in [0, 0.1) is 5.92 Å². The minimum absolute atomic E-state index is 0.289. The Hall–Kier alpha value is -0.620. The second-order valence-corrected chi connectivity index (χ2v) is 7.36. The number of nitrogens with one attached hydrogen (secondary N) is 1. The molecule has 100 valence electrons. The van der Waals surface area contributed by atoms with Crippen LogP contribution in [-0.4, -0.2) is 38.4 Å². The predicted molar refractivity (Wildman–Crippen MR) is 67.2 cm³/mol. The Morgan fingerprint density at radius 1 is 1.35 bits per heavy atom. The van der Waals surface area contributed by atoms with Gasteiger partial charge in [0.05, 0.1) is 0 Å². The second-order valence-electron chi connectivity index (χ2n) is 5.00. The highest BCUT2D eigenvalue weighted by atomic mass is 32.2. The van der Waals surface area contributed by atoms with E-state index in [0.717, 1.165) is 31.9 Å². The predicted octanol–water partition coefficient (Wildman–Crippen LogP) is 0.0532. The summed E-state index contributed by atoms with van der Waals surface area (Å²) in [6.45, 7) is 1.98. The molecule has 0 aliphatic heterocycles. The molecule has 1 aliphatic carbocycles. The quantitative estimate of drug-likeness (QED) is 0.749. The third-order valence-corrected chi connectivity index (χ3v) is 4.97. The van der Waals surface area contributed by atoms with Crippen LogP contribution in [0.3, 0.4) is 0 Å². The molecule has 6 heteroatoms. The van der Waals surface area contributed by atoms with Crippen LogP contribution in [0.2, 0.25) is 0 Å². The second kappa shape index (κ2) is 5.82. The Kier molecular flexibility index (Phi) is 4.94. The zero-order valence-electron chi connectivity index (χ0n) is 10.5. The van der Waals surface area contributed by atoms with Crippen molar-refractivity contribution in [2.75, 3.05) is 12.8 Å². The summed E-state index contributed by atoms with van der Waals surface area (Å²) in [4.78, 5) is 11.6. The largest absolute Gasteiger partial charge is 0.355 e. The normalized spacial score (nSPS) is 27.5. The Morgan fingerprint density at radius 2 is 1.88 bits per heavy atom. The van der Waals surface area contributed by atoms with Gasteiger partial charge in [0.15, 0.2) is 9.84 Å². The van der Waals surface area contributed by atoms with Gasteiger partial charge in [0.25, 0.3) is 0 Å². The van der Waals surface area contributed by atoms with Gasteiger partial charge in [-0.25, -0.2) is 8.42 Å². The van der Waals surface area contributed by atoms with Gasteiger partial charge in [-0.15, -0.1) is 0 Å². The van der Waals surface area contributed by atoms with Crippen molar-refractivity contribution in [2.45, 2.75) is 43.9 Å². The number of carbonyl (C=O) groups is 1. The van der Waals surface area contributed by atoms with E-state index in [9.17, 15) is 13.2 Å². The summed E-state index contributed by atoms with van der Waals surface area (Å²) in [5.74, 6) is 0.0351. The molecule has 0 aromatic heterocycles. The maximum atomic E-state index is 11.6. The molecule has 1 rings (SSSR count). The molecule has 0 aromatic carbocycles. The van der Waals surface area contributed by atoms with Crippen LogP contribution in [0.25, 0.3) is 0 Å². The molecule has 1 atom stereocenters. The molecule has 1 saturated carbocycles. The van der Waals surface area contributed by atoms with Crippen LogP contribution >= 0.6 is 0 Å². The molecule has 0 spiro atoms. The third-order valence-electron chi connectivity index (χ3n) is 3.47. The van der Waals surface area contributed by atoms with Gasteiger partial charge in [0.2, 0.25) is 5.91 Å². The topological polar surface area (TPSA) is 89.3 Å². The first kappa shape index (κ1) is 14.4. The number of nitrogens with two attached hydrogens (primary N) is 1. The van der Waals surface area contributed by atoms with Crippen molar-refractivity contribution < 1.29 is 13.2 Å². The first-order valence-corrected chi connectivity index (χ1v) is 7.98. The van der Waals surface area contributed by atoms with Crippen LogP contribution in [0.4, 0.5) is 0 Å². The lowest BCUT2D eigenvalue weighted by atomic mass is 9.86. The van der Waals surface area contributed by atoms with Crippen molar-refractivity contribution in [1.29, 1.82) is 0 Å². The minimum Gasteiger partial charge on any atom is -0.355 e. The fraction of sp³-hybridized carbons (Fsp3) is 0.909. The SMILES string of the molecule is CC(C(=O)NCC1CCC(N)CC1)S(C)(=O)=O. The number of carbonyl (C=O) groups excluding carboxylic acids is 1. The lowest BCUT2D eigenvalue weighted by Crippen LogP contribution is -2.41. The summed E-state index contributed by atoms with van der Waals surface area (Å²) in [6.07, 6.45) is 5.07. The van der Waals surface area contributed by atoms with Crippen molar-refractivity contribution in [3.8, 4) is 0 Å². The number of rotatable bonds is 4. The fourth-order valence-corrected chi connectivity index (χ4v) is 2.45. The highest BCUT2D eigenvalue weighted by molar-refractivity contribution is 7.92. The molecule has 1 unspecified atom stereocenters. The van der Waals surface area contributed by atoms with Crippen molar-refractivity contribution in [3.63, 3.8) is 0 Å². The van der Waals surface area contributed by atoms with E-state index in [4.69, 9.17) is 5.73 Å². The molecule has 0 saturated heterocycles. The van der Waals surface area contributed by atoms with Gasteiger partial charge in [-0.1, -0.05) is 0 Å². The average molecular weight is 262 g/mol. The van der Waals surface area contributed by atoms with Gasteiger partial charge >= 0.3 is 0 Å². The van der Waals surface area contributed by atoms with Gasteiger partial charge in [0, 0.05) is 18.8 Å². The Labute approximate surface area is 103 Å². The van der Waals surface area contributed by atoms with Gasteiger partial charge in [-0.05, 0) is 38.5 Å². The third kappa shape index (κ3) is 4.63. The number of hydrogen-bond donors (Lipinski definition) is 2. The van der Waals surface area contributed by atoms with E-state index in [1.165, 1.54) is 6.92 Å². The fourth-order valence-electron chi connectivity index (χ4n) is 1.98. The molecule has 0 heterocycles. The monoisotopic (exact) mass is 262 g/mol. The molecule has 1 amide bonds. The molecular formula is C11H22N2O3S. The molecular weight excluding hydrogens is 240 g/mol. The molecule has 17 heavy (non-hydrogen) atoms. The molecule has 0 radical (unpaired) electrons. The van der Waals surface area contributed by atoms with Gasteiger partial charge in [-0.2, -0.15) is 0 Å². The summed E-state index contributed by atoms with van der Waals surface area (Å²) in [7, 11) is -3.30. The average Bonchev–Trinajstić information content (AvgIpc) is 2.25. The van der Waals surface area contributed by atoms with Crippen molar-refractivity contribution >= 4 is 15.7 Å². The Bertz CT molecular complexity index is 359. The van der Waals surface area contributed by atoms with Crippen molar-refractivity contribution in [3.05, 3.63) is 0 Å². The first-order valence-electron chi connectivity index (χ1n) is 6.03. The lowest BCUT2D eigenvalue weighted by Gasteiger charge is -2.26. The highest BCUT2D eigenvalue weighted by Crippen LogP contribution is 2.22. The molecule has 3 N–H and O–H groups in total. The molecule has 1 aliphatic rings. The standard InChI is InChI=1S/C11H22N2O3S/c1-8(17(2,15)16)11(14)13-7-9-3-5-10(12)6-4-9/h8-10H,3-7,12H2,1-2H3,(H,13,14). The number of sulfone groups is 1. The van der Waals surface area contributed by atoms with Gasteiger partial charge in [-0.3, -0.25) is 4.79 Å². The zero-order valence-corrected chi connectivity index (χ0v) is 11.3. The summed E-state index contributed by atoms with van der Waals surface area (Å²) in [6, 6.07) is 0.289. The van der Waals surface area contributed by atoms with E-state index in [1.54, 1.807) is 0 Å². The minimum atomic E-state index is -3.30. The maximum Gasteiger partial charge on any atom is 0.238 e. The maximum absolute atomic E-state index is 11.6. The van der Waals surface area contributed by atoms with E-state index < -0.39 is 21.0 Å². The summed E-state index contributed by atoms with van der Waals surface area (Å²) in [5, 5.41) is 1.75. The van der Waals surface area contributed by atoms with E-state index in [1.807, 2.05) is 0 Å². The Balaban J connectivity index is 2.34. The van der Waals surface area contributed by atoms with Crippen molar-refractivity contribution in [1.82, 2.24) is 5.32 Å². The summed E-state index contributed by atoms with van der Waals surface area (Å²) in [5.41, 5.74) is 5.79. The summed E-state index contributed by atoms with van der Waals surface area (Å²) < 4.78 is 22.4. The number of amides is 1. The van der Waals surface area contributed by atoms with Crippen LogP contribution in [0.5, 0.6) is 0 Å². The highest BCUT2D eigenvalue weighted by Gasteiger charge is 2.25. The van der Waals surface area contributed by atoms with Gasteiger partial charge in [0.1, 0.15) is 5.25 Å². The van der Waals surface area contributed by atoms with Crippen LogP contribution < -0.4 is 11.1 Å². The Morgan fingerprint density at radius 3 is 2.35 bits per heavy atom. The lowest BCUT2D eigenvalue weighted by molar-refractivity contribution is -0.120. The number of hydrogen-bond acceptors (Lipinski definition) is 4. The van der Waals surface area contributed by atoms with Crippen LogP contribution in [0.1, 0.15) is 32.6 Å². The molecule has 1 fully saturated rings. The molecule has 5 nitrogen and oxygen atoms in total. The van der Waals surface area contributed by atoms with E-state index >= 15 is 0 Å². The van der Waals surface area contributed by atoms with Crippen LogP contribution in [0.15, 0.2) is 0 Å². The van der Waals surface area contributed by atoms with E-state index in [0.29, 0.717) is 12.5 Å². The zero-order chi connectivity index (χ0) is 13.1. The smallest absolute Gasteiger partial charge is 0.238 e. The molecule has 0 bridgehead atoms. The van der Waals surface area contributed by atoms with E-state index in [2.05, 4.69) is 5.32 Å². The summed E-state index contributed by atoms with van der Waals surface area (Å²) >= 11 is 0. The van der Waals surface area contributed by atoms with Crippen molar-refractivity contribution in [2.24, 2.45) is 11.7 Å². The van der Waals surface area contributed by atoms with Crippen LogP contribution in [-0.2, 0) is 14.6 Å². The molecule has 0 aromatic rings. The first-order chi connectivity index (χ1) is 7.80.